The number of hydrogen-bond acceptors (Lipinski definition) is 4. The molecule has 0 aliphatic rings. The second-order valence-electron chi connectivity index (χ2n) is 6.32. The summed E-state index contributed by atoms with van der Waals surface area (Å²) in [5.74, 6) is -0.241. The highest BCUT2D eigenvalue weighted by molar-refractivity contribution is 5.79. The number of rotatable bonds is 6. The van der Waals surface area contributed by atoms with Crippen LogP contribution in [0.3, 0.4) is 0 Å². The number of aromatic nitrogens is 4. The van der Waals surface area contributed by atoms with Gasteiger partial charge in [0.05, 0.1) is 36.9 Å². The molecule has 6 nitrogen and oxygen atoms in total. The van der Waals surface area contributed by atoms with Crippen LogP contribution in [0.4, 0.5) is 0 Å². The molecule has 0 radical (unpaired) electrons. The van der Waals surface area contributed by atoms with Crippen molar-refractivity contribution in [2.75, 3.05) is 7.11 Å². The number of carbonyl (C=O) groups excluding carboxylic acids is 1. The van der Waals surface area contributed by atoms with Crippen LogP contribution in [0.15, 0.2) is 79.4 Å². The SMILES string of the molecule is COC(=O)CCn1cnc(-c2ccccc2)c1-c1ccc(-n2cccn2)cc1. The molecule has 0 spiro atoms. The van der Waals surface area contributed by atoms with Gasteiger partial charge in [-0.1, -0.05) is 42.5 Å². The van der Waals surface area contributed by atoms with Crippen LogP contribution in [0.25, 0.3) is 28.2 Å². The average Bonchev–Trinajstić information content (AvgIpc) is 3.43. The molecular formula is C22H20N4O2. The molecule has 2 heterocycles. The number of benzene rings is 2. The second kappa shape index (κ2) is 7.92. The summed E-state index contributed by atoms with van der Waals surface area (Å²) in [6.45, 7) is 0.503. The van der Waals surface area contributed by atoms with Gasteiger partial charge in [-0.2, -0.15) is 5.10 Å². The lowest BCUT2D eigenvalue weighted by atomic mass is 10.0. The number of nitrogens with zero attached hydrogens (tertiary/aromatic N) is 4. The Hall–Kier alpha value is -3.67. The molecule has 0 saturated heterocycles. The molecular weight excluding hydrogens is 352 g/mol. The first-order valence-corrected chi connectivity index (χ1v) is 9.04. The van der Waals surface area contributed by atoms with Crippen molar-refractivity contribution in [3.63, 3.8) is 0 Å². The van der Waals surface area contributed by atoms with E-state index in [4.69, 9.17) is 4.74 Å². The molecule has 4 aromatic rings. The molecule has 0 aliphatic carbocycles. The van der Waals surface area contributed by atoms with Gasteiger partial charge in [0.15, 0.2) is 0 Å². The number of esters is 1. The summed E-state index contributed by atoms with van der Waals surface area (Å²) in [5, 5.41) is 4.27. The maximum Gasteiger partial charge on any atom is 0.307 e. The molecule has 4 rings (SSSR count). The fourth-order valence-corrected chi connectivity index (χ4v) is 3.17. The van der Waals surface area contributed by atoms with E-state index in [1.807, 2.05) is 64.0 Å². The third kappa shape index (κ3) is 3.57. The Labute approximate surface area is 163 Å². The number of hydrogen-bond donors (Lipinski definition) is 0. The van der Waals surface area contributed by atoms with Gasteiger partial charge in [-0.15, -0.1) is 0 Å². The third-order valence-corrected chi connectivity index (χ3v) is 4.58. The zero-order chi connectivity index (χ0) is 19.3. The van der Waals surface area contributed by atoms with Crippen molar-refractivity contribution in [1.29, 1.82) is 0 Å². The molecule has 2 aromatic carbocycles. The number of ether oxygens (including phenoxy) is 1. The first-order chi connectivity index (χ1) is 13.8. The Kier molecular flexibility index (Phi) is 5.01. The lowest BCUT2D eigenvalue weighted by Crippen LogP contribution is -2.07. The van der Waals surface area contributed by atoms with Crippen LogP contribution >= 0.6 is 0 Å². The summed E-state index contributed by atoms with van der Waals surface area (Å²) in [5.41, 5.74) is 4.90. The molecule has 0 N–H and O–H groups in total. The van der Waals surface area contributed by atoms with Crippen molar-refractivity contribution in [1.82, 2.24) is 19.3 Å². The lowest BCUT2D eigenvalue weighted by molar-refractivity contribution is -0.140. The van der Waals surface area contributed by atoms with Crippen molar-refractivity contribution in [3.8, 4) is 28.2 Å². The molecule has 0 amide bonds. The van der Waals surface area contributed by atoms with E-state index < -0.39 is 0 Å². The topological polar surface area (TPSA) is 61.9 Å². The molecule has 0 atom stereocenters. The van der Waals surface area contributed by atoms with Crippen LogP contribution in [-0.2, 0) is 16.1 Å². The number of aryl methyl sites for hydroxylation is 1. The zero-order valence-electron chi connectivity index (χ0n) is 15.5. The quantitative estimate of drug-likeness (QED) is 0.481. The van der Waals surface area contributed by atoms with Gasteiger partial charge in [0.25, 0.3) is 0 Å². The minimum absolute atomic E-state index is 0.241. The van der Waals surface area contributed by atoms with E-state index in [-0.39, 0.29) is 5.97 Å². The number of carbonyl (C=O) groups is 1. The van der Waals surface area contributed by atoms with Crippen molar-refractivity contribution in [3.05, 3.63) is 79.4 Å². The Morgan fingerprint density at radius 1 is 1.00 bits per heavy atom. The Balaban J connectivity index is 1.74. The van der Waals surface area contributed by atoms with Gasteiger partial charge in [-0.05, 0) is 18.2 Å². The maximum absolute atomic E-state index is 11.6. The summed E-state index contributed by atoms with van der Waals surface area (Å²) >= 11 is 0. The fraction of sp³-hybridized carbons (Fsp3) is 0.136. The van der Waals surface area contributed by atoms with Crippen LogP contribution in [0.5, 0.6) is 0 Å². The van der Waals surface area contributed by atoms with E-state index >= 15 is 0 Å². The summed E-state index contributed by atoms with van der Waals surface area (Å²) in [4.78, 5) is 16.3. The normalized spacial score (nSPS) is 10.8. The number of imidazole rings is 1. The predicted molar refractivity (Wildman–Crippen MR) is 107 cm³/mol. The second-order valence-corrected chi connectivity index (χ2v) is 6.32. The van der Waals surface area contributed by atoms with Crippen LogP contribution < -0.4 is 0 Å². The van der Waals surface area contributed by atoms with E-state index in [1.165, 1.54) is 7.11 Å². The predicted octanol–water partition coefficient (Wildman–Crippen LogP) is 3.97. The van der Waals surface area contributed by atoms with Crippen molar-refractivity contribution < 1.29 is 9.53 Å². The summed E-state index contributed by atoms with van der Waals surface area (Å²) in [6.07, 6.45) is 5.73. The minimum Gasteiger partial charge on any atom is -0.469 e. The van der Waals surface area contributed by atoms with E-state index in [0.29, 0.717) is 13.0 Å². The highest BCUT2D eigenvalue weighted by Crippen LogP contribution is 2.32. The Morgan fingerprint density at radius 3 is 2.46 bits per heavy atom. The van der Waals surface area contributed by atoms with Gasteiger partial charge in [-0.3, -0.25) is 4.79 Å². The van der Waals surface area contributed by atoms with E-state index in [1.54, 1.807) is 12.5 Å². The molecule has 0 fully saturated rings. The molecule has 0 bridgehead atoms. The van der Waals surface area contributed by atoms with E-state index in [9.17, 15) is 4.79 Å². The largest absolute Gasteiger partial charge is 0.469 e. The summed E-state index contributed by atoms with van der Waals surface area (Å²) in [7, 11) is 1.40. The van der Waals surface area contributed by atoms with Gasteiger partial charge in [0.2, 0.25) is 0 Å². The fourth-order valence-electron chi connectivity index (χ4n) is 3.17. The van der Waals surface area contributed by atoms with Crippen LogP contribution in [0, 0.1) is 0 Å². The molecule has 0 unspecified atom stereocenters. The van der Waals surface area contributed by atoms with Gasteiger partial charge < -0.3 is 9.30 Å². The van der Waals surface area contributed by atoms with Gasteiger partial charge in [0.1, 0.15) is 0 Å². The maximum atomic E-state index is 11.6. The molecule has 2 aromatic heterocycles. The van der Waals surface area contributed by atoms with Gasteiger partial charge >= 0.3 is 5.97 Å². The van der Waals surface area contributed by atoms with Crippen molar-refractivity contribution in [2.45, 2.75) is 13.0 Å². The first-order valence-electron chi connectivity index (χ1n) is 9.04. The van der Waals surface area contributed by atoms with Gasteiger partial charge in [0, 0.05) is 30.1 Å². The van der Waals surface area contributed by atoms with Crippen LogP contribution in [0.2, 0.25) is 0 Å². The zero-order valence-corrected chi connectivity index (χ0v) is 15.5. The van der Waals surface area contributed by atoms with Crippen LogP contribution in [0.1, 0.15) is 6.42 Å². The highest BCUT2D eigenvalue weighted by Gasteiger charge is 2.16. The average molecular weight is 372 g/mol. The Morgan fingerprint density at radius 2 is 1.79 bits per heavy atom. The lowest BCUT2D eigenvalue weighted by Gasteiger charge is -2.11. The summed E-state index contributed by atoms with van der Waals surface area (Å²) in [6, 6.07) is 20.1. The smallest absolute Gasteiger partial charge is 0.307 e. The molecule has 140 valence electrons. The standard InChI is InChI=1S/C22H20N4O2/c1-28-20(27)12-15-25-16-23-21(17-6-3-2-4-7-17)22(25)18-8-10-19(11-9-18)26-14-5-13-24-26/h2-11,13-14,16H,12,15H2,1H3. The number of methoxy groups -OCH3 is 1. The third-order valence-electron chi connectivity index (χ3n) is 4.58. The monoisotopic (exact) mass is 372 g/mol. The van der Waals surface area contributed by atoms with Crippen molar-refractivity contribution in [2.24, 2.45) is 0 Å². The van der Waals surface area contributed by atoms with E-state index in [0.717, 1.165) is 28.2 Å². The first kappa shape index (κ1) is 17.7. The minimum atomic E-state index is -0.241. The summed E-state index contributed by atoms with van der Waals surface area (Å²) < 4.78 is 8.60. The van der Waals surface area contributed by atoms with Crippen molar-refractivity contribution >= 4 is 5.97 Å². The molecule has 0 aliphatic heterocycles. The molecule has 28 heavy (non-hydrogen) atoms. The molecule has 0 saturated carbocycles. The molecule has 6 heteroatoms. The van der Waals surface area contributed by atoms with E-state index in [2.05, 4.69) is 22.2 Å². The highest BCUT2D eigenvalue weighted by atomic mass is 16.5. The Bertz CT molecular complexity index is 1050. The van der Waals surface area contributed by atoms with Gasteiger partial charge in [-0.25, -0.2) is 9.67 Å². The van der Waals surface area contributed by atoms with Crippen LogP contribution in [-0.4, -0.2) is 32.4 Å².